The summed E-state index contributed by atoms with van der Waals surface area (Å²) in [5.74, 6) is -1.14. The second-order valence-electron chi connectivity index (χ2n) is 1.94. The number of carbonyl (C=O) groups excluding carboxylic acids is 1. The van der Waals surface area contributed by atoms with Gasteiger partial charge in [-0.2, -0.15) is 4.57 Å². The van der Waals surface area contributed by atoms with Gasteiger partial charge in [-0.1, -0.05) is 17.9 Å². The zero-order valence-electron chi connectivity index (χ0n) is 5.82. The first-order chi connectivity index (χ1) is 5.25. The fourth-order valence-corrected chi connectivity index (χ4v) is 1.46. The Labute approximate surface area is 68.2 Å². The van der Waals surface area contributed by atoms with Gasteiger partial charge in [-0.3, -0.25) is 0 Å². The first-order valence-corrected chi connectivity index (χ1v) is 3.93. The number of allylic oxidation sites excluding steroid dienone is 1. The van der Waals surface area contributed by atoms with Crippen molar-refractivity contribution < 1.29 is 14.5 Å². The van der Waals surface area contributed by atoms with E-state index >= 15 is 0 Å². The summed E-state index contributed by atoms with van der Waals surface area (Å²) in [6.07, 6.45) is 3.33. The normalized spacial score (nSPS) is 9.45. The van der Waals surface area contributed by atoms with Crippen LogP contribution in [0.2, 0.25) is 0 Å². The smallest absolute Gasteiger partial charge is 0.285 e. The molecule has 0 atom stereocenters. The van der Waals surface area contributed by atoms with Crippen molar-refractivity contribution in [2.45, 2.75) is 6.54 Å². The number of carboxylic acids is 1. The van der Waals surface area contributed by atoms with Gasteiger partial charge in [-0.05, 0) is 6.08 Å². The maximum atomic E-state index is 10.4. The number of nitrogens with zero attached hydrogens (tertiary/aromatic N) is 1. The van der Waals surface area contributed by atoms with E-state index in [-0.39, 0.29) is 5.01 Å². The molecule has 11 heavy (non-hydrogen) atoms. The predicted molar refractivity (Wildman–Crippen MR) is 39.0 cm³/mol. The summed E-state index contributed by atoms with van der Waals surface area (Å²) < 4.78 is 1.58. The van der Waals surface area contributed by atoms with Crippen LogP contribution in [-0.4, -0.2) is 5.97 Å². The van der Waals surface area contributed by atoms with Gasteiger partial charge in [-0.25, -0.2) is 0 Å². The molecule has 1 aromatic rings. The van der Waals surface area contributed by atoms with Gasteiger partial charge in [0.2, 0.25) is 0 Å². The van der Waals surface area contributed by atoms with E-state index in [1.807, 2.05) is 0 Å². The van der Waals surface area contributed by atoms with Crippen molar-refractivity contribution in [1.82, 2.24) is 0 Å². The van der Waals surface area contributed by atoms with Crippen molar-refractivity contribution in [3.05, 3.63) is 29.2 Å². The average molecular weight is 169 g/mol. The summed E-state index contributed by atoms with van der Waals surface area (Å²) in [4.78, 5) is 10.4. The minimum absolute atomic E-state index is 0.227. The lowest BCUT2D eigenvalue weighted by atomic mass is 10.5. The van der Waals surface area contributed by atoms with Crippen molar-refractivity contribution in [3.8, 4) is 0 Å². The molecule has 58 valence electrons. The molecule has 0 N–H and O–H groups in total. The molecule has 1 aromatic heterocycles. The SMILES string of the molecule is C=CC[n+]1ccsc1C(=O)[O-]. The van der Waals surface area contributed by atoms with Crippen LogP contribution in [0.3, 0.4) is 0 Å². The van der Waals surface area contributed by atoms with Crippen molar-refractivity contribution in [3.63, 3.8) is 0 Å². The minimum atomic E-state index is -1.14. The first-order valence-electron chi connectivity index (χ1n) is 3.05. The maximum Gasteiger partial charge on any atom is 0.285 e. The second-order valence-corrected chi connectivity index (χ2v) is 2.83. The highest BCUT2D eigenvalue weighted by Gasteiger charge is 2.10. The van der Waals surface area contributed by atoms with Crippen LogP contribution in [0.25, 0.3) is 0 Å². The van der Waals surface area contributed by atoms with E-state index in [9.17, 15) is 9.90 Å². The monoisotopic (exact) mass is 169 g/mol. The molecule has 0 fully saturated rings. The molecule has 0 spiro atoms. The number of hydrogen-bond donors (Lipinski definition) is 0. The number of rotatable bonds is 3. The van der Waals surface area contributed by atoms with Gasteiger partial charge in [0.25, 0.3) is 5.01 Å². The van der Waals surface area contributed by atoms with Crippen LogP contribution < -0.4 is 9.67 Å². The highest BCUT2D eigenvalue weighted by molar-refractivity contribution is 7.11. The molecule has 0 aliphatic rings. The first kappa shape index (κ1) is 7.94. The molecule has 0 saturated heterocycles. The third-order valence-corrected chi connectivity index (χ3v) is 2.06. The highest BCUT2D eigenvalue weighted by Crippen LogP contribution is 1.99. The van der Waals surface area contributed by atoms with Crippen molar-refractivity contribution in [2.75, 3.05) is 0 Å². The third-order valence-electron chi connectivity index (χ3n) is 1.18. The molecule has 0 saturated carbocycles. The molecule has 1 rings (SSSR count). The molecular formula is C7H7NO2S. The Balaban J connectivity index is 2.95. The highest BCUT2D eigenvalue weighted by atomic mass is 32.1. The fraction of sp³-hybridized carbons (Fsp3) is 0.143. The quantitative estimate of drug-likeness (QED) is 0.456. The molecule has 0 aromatic carbocycles. The number of hydrogen-bond acceptors (Lipinski definition) is 3. The Morgan fingerprint density at radius 3 is 3.18 bits per heavy atom. The van der Waals surface area contributed by atoms with Crippen LogP contribution >= 0.6 is 11.3 Å². The molecule has 0 aliphatic carbocycles. The summed E-state index contributed by atoms with van der Waals surface area (Å²) in [5.41, 5.74) is 0. The van der Waals surface area contributed by atoms with Crippen LogP contribution in [0.15, 0.2) is 24.2 Å². The lowest BCUT2D eigenvalue weighted by molar-refractivity contribution is -0.686. The van der Waals surface area contributed by atoms with Crippen molar-refractivity contribution in [2.24, 2.45) is 0 Å². The molecule has 0 bridgehead atoms. The van der Waals surface area contributed by atoms with Crippen LogP contribution in [0, 0.1) is 0 Å². The van der Waals surface area contributed by atoms with Gasteiger partial charge >= 0.3 is 0 Å². The van der Waals surface area contributed by atoms with Gasteiger partial charge in [0.15, 0.2) is 18.7 Å². The van der Waals surface area contributed by atoms with Gasteiger partial charge in [0.1, 0.15) is 0 Å². The Bertz CT molecular complexity index is 280. The number of carbonyl (C=O) groups is 1. The standard InChI is InChI=1S/C7H7NO2S/c1-2-3-8-4-5-11-6(8)7(9)10/h2,4-5H,1,3H2. The van der Waals surface area contributed by atoms with Gasteiger partial charge in [0.05, 0.1) is 5.38 Å². The minimum Gasteiger partial charge on any atom is -0.539 e. The predicted octanol–water partition coefficient (Wildman–Crippen LogP) is -0.415. The fourth-order valence-electron chi connectivity index (χ4n) is 0.752. The Morgan fingerprint density at radius 1 is 1.91 bits per heavy atom. The van der Waals surface area contributed by atoms with E-state index in [1.54, 1.807) is 22.2 Å². The lowest BCUT2D eigenvalue weighted by Gasteiger charge is -1.93. The molecule has 3 nitrogen and oxygen atoms in total. The Kier molecular flexibility index (Phi) is 2.38. The van der Waals surface area contributed by atoms with Crippen LogP contribution in [0.4, 0.5) is 0 Å². The van der Waals surface area contributed by atoms with E-state index in [0.717, 1.165) is 11.3 Å². The number of carboxylic acid groups (broad SMARTS) is 1. The van der Waals surface area contributed by atoms with Crippen LogP contribution in [0.5, 0.6) is 0 Å². The summed E-state index contributed by atoms with van der Waals surface area (Å²) in [5, 5.41) is 12.3. The number of aromatic carboxylic acids is 1. The van der Waals surface area contributed by atoms with Crippen LogP contribution in [0.1, 0.15) is 9.80 Å². The van der Waals surface area contributed by atoms with Crippen molar-refractivity contribution in [1.29, 1.82) is 0 Å². The summed E-state index contributed by atoms with van der Waals surface area (Å²) in [7, 11) is 0. The lowest BCUT2D eigenvalue weighted by Crippen LogP contribution is -2.41. The maximum absolute atomic E-state index is 10.4. The summed E-state index contributed by atoms with van der Waals surface area (Å²) in [6.45, 7) is 4.01. The van der Waals surface area contributed by atoms with E-state index in [1.165, 1.54) is 0 Å². The molecule has 4 heteroatoms. The second kappa shape index (κ2) is 3.30. The number of aromatic nitrogens is 1. The third kappa shape index (κ3) is 1.65. The molecule has 0 amide bonds. The summed E-state index contributed by atoms with van der Waals surface area (Å²) >= 11 is 1.15. The van der Waals surface area contributed by atoms with Gasteiger partial charge in [-0.15, -0.1) is 0 Å². The molecule has 0 aliphatic heterocycles. The average Bonchev–Trinajstić information content (AvgIpc) is 2.36. The molecule has 0 unspecified atom stereocenters. The Morgan fingerprint density at radius 2 is 2.64 bits per heavy atom. The van der Waals surface area contributed by atoms with E-state index in [2.05, 4.69) is 6.58 Å². The van der Waals surface area contributed by atoms with Crippen LogP contribution in [-0.2, 0) is 6.54 Å². The molecule has 1 heterocycles. The van der Waals surface area contributed by atoms with E-state index < -0.39 is 5.97 Å². The van der Waals surface area contributed by atoms with Gasteiger partial charge < -0.3 is 9.90 Å². The van der Waals surface area contributed by atoms with Gasteiger partial charge in [0, 0.05) is 0 Å². The largest absolute Gasteiger partial charge is 0.539 e. The topological polar surface area (TPSA) is 44.0 Å². The zero-order valence-corrected chi connectivity index (χ0v) is 6.63. The summed E-state index contributed by atoms with van der Waals surface area (Å²) in [6, 6.07) is 0. The zero-order chi connectivity index (χ0) is 8.27. The van der Waals surface area contributed by atoms with E-state index in [0.29, 0.717) is 6.54 Å². The van der Waals surface area contributed by atoms with Crippen molar-refractivity contribution >= 4 is 17.3 Å². The Hall–Kier alpha value is -1.16. The van der Waals surface area contributed by atoms with E-state index in [4.69, 9.17) is 0 Å². The number of thiazole rings is 1. The molecule has 0 radical (unpaired) electrons. The molecular weight excluding hydrogens is 162 g/mol.